The van der Waals surface area contributed by atoms with Crippen LogP contribution in [0.1, 0.15) is 0 Å². The van der Waals surface area contributed by atoms with Crippen molar-refractivity contribution in [2.75, 3.05) is 0 Å². The number of imidazole rings is 1. The Morgan fingerprint density at radius 3 is 1.82 bits per heavy atom. The Kier molecular flexibility index (Phi) is 5.82. The number of benzene rings is 7. The summed E-state index contributed by atoms with van der Waals surface area (Å²) in [6.45, 7) is 0. The molecule has 0 unspecified atom stereocenters. The van der Waals surface area contributed by atoms with Gasteiger partial charge in [0.1, 0.15) is 5.52 Å². The molecule has 1 N–H and O–H groups in total. The van der Waals surface area contributed by atoms with Crippen LogP contribution in [0.2, 0.25) is 0 Å². The molecule has 7 aromatic carbocycles. The number of fused-ring (bicyclic) bond motifs is 9. The average Bonchev–Trinajstić information content (AvgIpc) is 3.49. The molecule has 0 amide bonds. The Morgan fingerprint density at radius 2 is 1.02 bits per heavy atom. The summed E-state index contributed by atoms with van der Waals surface area (Å²) < 4.78 is 2.37. The molecular formula is C41H28N2P+. The summed E-state index contributed by atoms with van der Waals surface area (Å²) in [6.07, 6.45) is 0. The van der Waals surface area contributed by atoms with Crippen molar-refractivity contribution in [1.82, 2.24) is 4.98 Å². The smallest absolute Gasteiger partial charge is 0.236 e. The van der Waals surface area contributed by atoms with Gasteiger partial charge in [0.25, 0.3) is 5.65 Å². The lowest BCUT2D eigenvalue weighted by Gasteiger charge is -2.20. The van der Waals surface area contributed by atoms with E-state index in [1.807, 2.05) is 0 Å². The van der Waals surface area contributed by atoms with Gasteiger partial charge in [0.05, 0.1) is 5.39 Å². The number of pyridine rings is 1. The Morgan fingerprint density at radius 1 is 0.409 bits per heavy atom. The molecule has 0 atom stereocenters. The van der Waals surface area contributed by atoms with Crippen molar-refractivity contribution in [3.8, 4) is 11.1 Å². The van der Waals surface area contributed by atoms with Crippen LogP contribution >= 0.6 is 7.92 Å². The third-order valence-electron chi connectivity index (χ3n) is 8.78. The van der Waals surface area contributed by atoms with E-state index in [-0.39, 0.29) is 0 Å². The molecule has 206 valence electrons. The topological polar surface area (TPSA) is 19.9 Å². The van der Waals surface area contributed by atoms with Crippen molar-refractivity contribution in [2.24, 2.45) is 0 Å². The van der Waals surface area contributed by atoms with Gasteiger partial charge in [-0.25, -0.2) is 4.98 Å². The number of hydrogen-bond acceptors (Lipinski definition) is 0. The van der Waals surface area contributed by atoms with E-state index in [1.54, 1.807) is 0 Å². The molecule has 2 aromatic heterocycles. The van der Waals surface area contributed by atoms with Crippen LogP contribution < -0.4 is 20.3 Å². The molecule has 44 heavy (non-hydrogen) atoms. The zero-order valence-electron chi connectivity index (χ0n) is 24.0. The molecule has 2 heterocycles. The first-order chi connectivity index (χ1) is 21.8. The van der Waals surface area contributed by atoms with E-state index < -0.39 is 7.92 Å². The summed E-state index contributed by atoms with van der Waals surface area (Å²) in [5.74, 6) is 0. The van der Waals surface area contributed by atoms with Crippen molar-refractivity contribution >= 4 is 73.0 Å². The second kappa shape index (κ2) is 10.2. The summed E-state index contributed by atoms with van der Waals surface area (Å²) in [5, 5.41) is 10.4. The van der Waals surface area contributed by atoms with Crippen LogP contribution in [-0.4, -0.2) is 4.98 Å². The Labute approximate surface area is 256 Å². The normalized spacial score (nSPS) is 11.8. The molecule has 0 aliphatic heterocycles. The van der Waals surface area contributed by atoms with E-state index in [1.165, 1.54) is 65.0 Å². The standard InChI is InChI=1S/C41H27N2P/c1-3-11-32(12-4-1)44(33-13-5-2-6-14-33)34-23-21-29-25-28(19-20-30(29)26-34)31-22-24-35-36-15-7-9-17-39(36)43-40-18-10-8-16-38(40)42-41(43)37(35)27-31/h1-27H/p+1. The lowest BCUT2D eigenvalue weighted by atomic mass is 9.97. The monoisotopic (exact) mass is 579 g/mol. The van der Waals surface area contributed by atoms with Gasteiger partial charge in [-0.15, -0.1) is 0 Å². The van der Waals surface area contributed by atoms with Gasteiger partial charge in [-0.3, -0.25) is 0 Å². The lowest BCUT2D eigenvalue weighted by molar-refractivity contribution is -0.448. The first-order valence-corrected chi connectivity index (χ1v) is 16.4. The molecule has 0 saturated heterocycles. The number of para-hydroxylation sites is 3. The van der Waals surface area contributed by atoms with Gasteiger partial charge < -0.3 is 0 Å². The lowest BCUT2D eigenvalue weighted by Crippen LogP contribution is -2.21. The maximum absolute atomic E-state index is 3.73. The van der Waals surface area contributed by atoms with E-state index in [2.05, 4.69) is 173 Å². The Bertz CT molecular complexity index is 2460. The first-order valence-electron chi connectivity index (χ1n) is 15.0. The predicted octanol–water partition coefficient (Wildman–Crippen LogP) is 8.79. The van der Waals surface area contributed by atoms with Crippen molar-refractivity contribution in [3.63, 3.8) is 0 Å². The highest BCUT2D eigenvalue weighted by molar-refractivity contribution is 7.79. The van der Waals surface area contributed by atoms with Crippen LogP contribution in [0.3, 0.4) is 0 Å². The summed E-state index contributed by atoms with van der Waals surface area (Å²) in [6, 6.07) is 59.9. The van der Waals surface area contributed by atoms with Crippen LogP contribution in [0.4, 0.5) is 0 Å². The molecule has 0 fully saturated rings. The van der Waals surface area contributed by atoms with Crippen LogP contribution in [0.5, 0.6) is 0 Å². The van der Waals surface area contributed by atoms with Crippen molar-refractivity contribution in [2.45, 2.75) is 0 Å². The molecule has 0 aliphatic carbocycles. The molecule has 0 aliphatic rings. The minimum Gasteiger partial charge on any atom is -0.236 e. The van der Waals surface area contributed by atoms with E-state index in [0.29, 0.717) is 0 Å². The predicted molar refractivity (Wildman–Crippen MR) is 188 cm³/mol. The highest BCUT2D eigenvalue weighted by atomic mass is 31.1. The summed E-state index contributed by atoms with van der Waals surface area (Å²) in [4.78, 5) is 3.73. The fraction of sp³-hybridized carbons (Fsp3) is 0. The zero-order chi connectivity index (χ0) is 29.0. The zero-order valence-corrected chi connectivity index (χ0v) is 24.9. The molecule has 9 rings (SSSR count). The largest absolute Gasteiger partial charge is 0.293 e. The SMILES string of the molecule is c1ccc(P(c2ccccc2)c2ccc3cc(-c4ccc5c6ccccc6[n+]6c7ccccc7[nH]c6c5c4)ccc3c2)cc1. The molecule has 0 bridgehead atoms. The molecule has 0 spiro atoms. The van der Waals surface area contributed by atoms with Gasteiger partial charge in [0.15, 0.2) is 11.0 Å². The fourth-order valence-electron chi connectivity index (χ4n) is 6.72. The van der Waals surface area contributed by atoms with E-state index in [9.17, 15) is 0 Å². The number of aromatic amines is 1. The number of aromatic nitrogens is 2. The van der Waals surface area contributed by atoms with Gasteiger partial charge in [-0.2, -0.15) is 4.40 Å². The first kappa shape index (κ1) is 25.2. The van der Waals surface area contributed by atoms with E-state index >= 15 is 0 Å². The molecule has 0 saturated carbocycles. The van der Waals surface area contributed by atoms with Crippen LogP contribution in [-0.2, 0) is 0 Å². The number of nitrogens with one attached hydrogen (secondary N) is 1. The minimum atomic E-state index is -0.637. The van der Waals surface area contributed by atoms with E-state index in [0.717, 1.165) is 11.2 Å². The number of rotatable bonds is 4. The summed E-state index contributed by atoms with van der Waals surface area (Å²) in [5.41, 5.74) is 7.12. The maximum Gasteiger partial charge on any atom is 0.293 e. The minimum absolute atomic E-state index is 0.637. The molecule has 9 aromatic rings. The third-order valence-corrected chi connectivity index (χ3v) is 11.2. The van der Waals surface area contributed by atoms with Crippen LogP contribution in [0.15, 0.2) is 164 Å². The highest BCUT2D eigenvalue weighted by Crippen LogP contribution is 2.36. The van der Waals surface area contributed by atoms with Crippen molar-refractivity contribution in [3.05, 3.63) is 164 Å². The van der Waals surface area contributed by atoms with Crippen molar-refractivity contribution in [1.29, 1.82) is 0 Å². The van der Waals surface area contributed by atoms with Crippen LogP contribution in [0, 0.1) is 0 Å². The van der Waals surface area contributed by atoms with Crippen LogP contribution in [0.25, 0.3) is 60.3 Å². The second-order valence-electron chi connectivity index (χ2n) is 11.4. The molecule has 0 radical (unpaired) electrons. The quantitative estimate of drug-likeness (QED) is 0.122. The van der Waals surface area contributed by atoms with Gasteiger partial charge >= 0.3 is 0 Å². The third kappa shape index (κ3) is 4.03. The number of H-pyrrole nitrogens is 1. The molecule has 3 heteroatoms. The highest BCUT2D eigenvalue weighted by Gasteiger charge is 2.20. The maximum atomic E-state index is 3.73. The number of nitrogens with zero attached hydrogens (tertiary/aromatic N) is 1. The fourth-order valence-corrected chi connectivity index (χ4v) is 9.05. The summed E-state index contributed by atoms with van der Waals surface area (Å²) in [7, 11) is -0.637. The Balaban J connectivity index is 1.19. The second-order valence-corrected chi connectivity index (χ2v) is 13.6. The Hall–Kier alpha value is -5.30. The summed E-state index contributed by atoms with van der Waals surface area (Å²) >= 11 is 0. The van der Waals surface area contributed by atoms with Crippen molar-refractivity contribution < 1.29 is 4.40 Å². The van der Waals surface area contributed by atoms with Gasteiger partial charge in [0.2, 0.25) is 0 Å². The molecular weight excluding hydrogens is 551 g/mol. The molecule has 2 nitrogen and oxygen atoms in total. The van der Waals surface area contributed by atoms with Gasteiger partial charge in [-0.05, 0) is 82.1 Å². The van der Waals surface area contributed by atoms with Gasteiger partial charge in [-0.1, -0.05) is 127 Å². The number of hydrogen-bond donors (Lipinski definition) is 1. The average molecular weight is 580 g/mol. The van der Waals surface area contributed by atoms with Gasteiger partial charge in [0, 0.05) is 10.8 Å². The van der Waals surface area contributed by atoms with E-state index in [4.69, 9.17) is 0 Å².